The molecule has 2 heterocycles. The third kappa shape index (κ3) is 9.41. The van der Waals surface area contributed by atoms with Crippen LogP contribution in [0, 0.1) is 0 Å². The lowest BCUT2D eigenvalue weighted by atomic mass is 9.80. The van der Waals surface area contributed by atoms with Gasteiger partial charge in [0.15, 0.2) is 12.6 Å². The molecule has 4 rings (SSSR count). The molecule has 6 heteroatoms. The molecule has 30 heavy (non-hydrogen) atoms. The molecule has 172 valence electrons. The zero-order valence-corrected chi connectivity index (χ0v) is 18.2. The van der Waals surface area contributed by atoms with Gasteiger partial charge in [0.05, 0.1) is 18.8 Å². The minimum absolute atomic E-state index is 0.00292. The van der Waals surface area contributed by atoms with Crippen LogP contribution in [0.5, 0.6) is 0 Å². The molecule has 0 aromatic heterocycles. The van der Waals surface area contributed by atoms with E-state index in [1.807, 2.05) is 30.3 Å². The summed E-state index contributed by atoms with van der Waals surface area (Å²) in [6.07, 6.45) is 12.3. The summed E-state index contributed by atoms with van der Waals surface area (Å²) in [7, 11) is 0. The fourth-order valence-electron chi connectivity index (χ4n) is 3.98. The molecule has 2 saturated heterocycles. The molecule has 2 unspecified atom stereocenters. The Morgan fingerprint density at radius 1 is 0.767 bits per heavy atom. The molecule has 0 spiro atoms. The number of aliphatic hydroxyl groups excluding tert-OH is 2. The summed E-state index contributed by atoms with van der Waals surface area (Å²) in [5, 5.41) is 25.6. The molecule has 0 bridgehead atoms. The van der Waals surface area contributed by atoms with Crippen LogP contribution >= 0.6 is 0 Å². The van der Waals surface area contributed by atoms with Gasteiger partial charge in [-0.1, -0.05) is 49.6 Å². The summed E-state index contributed by atoms with van der Waals surface area (Å²) >= 11 is 0. The van der Waals surface area contributed by atoms with Gasteiger partial charge in [-0.2, -0.15) is 0 Å². The topological polar surface area (TPSA) is 88.4 Å². The van der Waals surface area contributed by atoms with Gasteiger partial charge in [0.25, 0.3) is 0 Å². The van der Waals surface area contributed by atoms with Gasteiger partial charge in [0, 0.05) is 13.2 Å². The zero-order valence-electron chi connectivity index (χ0n) is 18.2. The maximum atomic E-state index is 10.3. The van der Waals surface area contributed by atoms with Crippen molar-refractivity contribution in [3.63, 3.8) is 0 Å². The minimum atomic E-state index is -0.528. The van der Waals surface area contributed by atoms with Crippen molar-refractivity contribution < 1.29 is 29.5 Å². The highest BCUT2D eigenvalue weighted by atomic mass is 16.8. The predicted molar refractivity (Wildman–Crippen MR) is 116 cm³/mol. The summed E-state index contributed by atoms with van der Waals surface area (Å²) in [4.78, 5) is 0. The number of aliphatic hydroxyl groups is 3. The first-order chi connectivity index (χ1) is 14.7. The highest BCUT2D eigenvalue weighted by Crippen LogP contribution is 2.36. The second-order valence-corrected chi connectivity index (χ2v) is 8.13. The minimum Gasteiger partial charge on any atom is -0.394 e. The zero-order chi connectivity index (χ0) is 21.5. The van der Waals surface area contributed by atoms with Gasteiger partial charge < -0.3 is 29.5 Å². The van der Waals surface area contributed by atoms with E-state index in [9.17, 15) is 5.11 Å². The lowest BCUT2D eigenvalue weighted by Crippen LogP contribution is -2.31. The highest BCUT2D eigenvalue weighted by molar-refractivity contribution is 5.22. The molecule has 0 amide bonds. The van der Waals surface area contributed by atoms with Gasteiger partial charge in [-0.3, -0.25) is 0 Å². The Bertz CT molecular complexity index is 502. The fraction of sp³-hybridized carbons (Fsp3) is 0.750. The number of benzene rings is 1. The van der Waals surface area contributed by atoms with E-state index >= 15 is 0 Å². The second kappa shape index (κ2) is 14.9. The largest absolute Gasteiger partial charge is 0.394 e. The van der Waals surface area contributed by atoms with Crippen LogP contribution in [0.4, 0.5) is 0 Å². The van der Waals surface area contributed by atoms with E-state index in [0.717, 1.165) is 57.3 Å². The SMILES string of the molecule is C1CCC(OC2CCCCO2)OC1.OC1(c2ccccc2)CCCCC1.OCCO. The lowest BCUT2D eigenvalue weighted by Gasteiger charge is -2.32. The monoisotopic (exact) mass is 424 g/mol. The highest BCUT2D eigenvalue weighted by Gasteiger charge is 2.30. The van der Waals surface area contributed by atoms with E-state index in [1.165, 1.54) is 32.1 Å². The van der Waals surface area contributed by atoms with Gasteiger partial charge in [-0.05, 0) is 56.9 Å². The summed E-state index contributed by atoms with van der Waals surface area (Å²) in [6, 6.07) is 10.1. The van der Waals surface area contributed by atoms with Gasteiger partial charge in [0.2, 0.25) is 0 Å². The Labute approximate surface area is 181 Å². The van der Waals surface area contributed by atoms with Crippen LogP contribution < -0.4 is 0 Å². The summed E-state index contributed by atoms with van der Waals surface area (Å²) < 4.78 is 16.6. The van der Waals surface area contributed by atoms with E-state index in [4.69, 9.17) is 24.4 Å². The summed E-state index contributed by atoms with van der Waals surface area (Å²) in [6.45, 7) is 1.44. The maximum absolute atomic E-state index is 10.3. The molecule has 1 aliphatic carbocycles. The molecular weight excluding hydrogens is 384 g/mol. The quantitative estimate of drug-likeness (QED) is 0.680. The molecule has 0 radical (unpaired) electrons. The van der Waals surface area contributed by atoms with Crippen LogP contribution in [0.3, 0.4) is 0 Å². The van der Waals surface area contributed by atoms with Crippen LogP contribution in [-0.4, -0.2) is 54.3 Å². The van der Waals surface area contributed by atoms with E-state index in [0.29, 0.717) is 0 Å². The Balaban J connectivity index is 0.000000182. The maximum Gasteiger partial charge on any atom is 0.160 e. The van der Waals surface area contributed by atoms with Crippen molar-refractivity contribution in [2.75, 3.05) is 26.4 Å². The van der Waals surface area contributed by atoms with Gasteiger partial charge >= 0.3 is 0 Å². The van der Waals surface area contributed by atoms with Crippen LogP contribution in [0.15, 0.2) is 30.3 Å². The standard InChI is InChI=1S/C12H16O.C10H18O3.C2H6O2/c13-12(9-5-2-6-10-12)11-7-3-1-4-8-11;1-3-7-11-9(5-1)13-10-6-2-4-8-12-10;3-1-2-4/h1,3-4,7-8,13H,2,5-6,9-10H2;9-10H,1-8H2;3-4H,1-2H2. The van der Waals surface area contributed by atoms with Crippen molar-refractivity contribution in [2.45, 2.75) is 88.8 Å². The van der Waals surface area contributed by atoms with Crippen LogP contribution in [0.1, 0.15) is 76.2 Å². The molecule has 3 N–H and O–H groups in total. The molecule has 1 saturated carbocycles. The molecule has 6 nitrogen and oxygen atoms in total. The molecule has 3 aliphatic rings. The molecule has 3 fully saturated rings. The van der Waals surface area contributed by atoms with Gasteiger partial charge in [-0.15, -0.1) is 0 Å². The first-order valence-corrected chi connectivity index (χ1v) is 11.6. The molecule has 2 aliphatic heterocycles. The average Bonchev–Trinajstić information content (AvgIpc) is 2.82. The van der Waals surface area contributed by atoms with Crippen LogP contribution in [0.2, 0.25) is 0 Å². The smallest absolute Gasteiger partial charge is 0.160 e. The average molecular weight is 425 g/mol. The number of ether oxygens (including phenoxy) is 3. The molecule has 1 aromatic carbocycles. The van der Waals surface area contributed by atoms with E-state index in [-0.39, 0.29) is 25.8 Å². The van der Waals surface area contributed by atoms with E-state index < -0.39 is 5.60 Å². The molecular formula is C24H40O6. The first-order valence-electron chi connectivity index (χ1n) is 11.6. The van der Waals surface area contributed by atoms with Gasteiger partial charge in [-0.25, -0.2) is 0 Å². The Morgan fingerprint density at radius 3 is 1.73 bits per heavy atom. The van der Waals surface area contributed by atoms with Crippen molar-refractivity contribution in [1.29, 1.82) is 0 Å². The van der Waals surface area contributed by atoms with Crippen molar-refractivity contribution in [2.24, 2.45) is 0 Å². The number of hydrogen-bond donors (Lipinski definition) is 3. The Kier molecular flexibility index (Phi) is 12.5. The van der Waals surface area contributed by atoms with Crippen molar-refractivity contribution >= 4 is 0 Å². The normalized spacial score (nSPS) is 25.8. The number of rotatable bonds is 4. The predicted octanol–water partition coefficient (Wildman–Crippen LogP) is 3.87. The van der Waals surface area contributed by atoms with Crippen molar-refractivity contribution in [1.82, 2.24) is 0 Å². The van der Waals surface area contributed by atoms with Gasteiger partial charge in [0.1, 0.15) is 0 Å². The summed E-state index contributed by atoms with van der Waals surface area (Å²) in [5.74, 6) is 0. The Morgan fingerprint density at radius 2 is 1.30 bits per heavy atom. The van der Waals surface area contributed by atoms with Crippen molar-refractivity contribution in [3.8, 4) is 0 Å². The van der Waals surface area contributed by atoms with Crippen LogP contribution in [-0.2, 0) is 19.8 Å². The second-order valence-electron chi connectivity index (χ2n) is 8.13. The third-order valence-corrected chi connectivity index (χ3v) is 5.67. The van der Waals surface area contributed by atoms with E-state index in [1.54, 1.807) is 0 Å². The first kappa shape index (κ1) is 25.2. The molecule has 2 atom stereocenters. The third-order valence-electron chi connectivity index (χ3n) is 5.67. The summed E-state index contributed by atoms with van der Waals surface area (Å²) in [5.41, 5.74) is 0.564. The Hall–Kier alpha value is -1.02. The van der Waals surface area contributed by atoms with Crippen molar-refractivity contribution in [3.05, 3.63) is 35.9 Å². The van der Waals surface area contributed by atoms with Crippen LogP contribution in [0.25, 0.3) is 0 Å². The fourth-order valence-corrected chi connectivity index (χ4v) is 3.98. The van der Waals surface area contributed by atoms with E-state index in [2.05, 4.69) is 0 Å². The lowest BCUT2D eigenvalue weighted by molar-refractivity contribution is -0.264. The number of hydrogen-bond acceptors (Lipinski definition) is 6. The molecule has 1 aromatic rings.